The molecule has 0 aromatic heterocycles. The van der Waals surface area contributed by atoms with Crippen molar-refractivity contribution in [3.63, 3.8) is 0 Å². The minimum absolute atomic E-state index is 0.157. The van der Waals surface area contributed by atoms with E-state index in [1.165, 1.54) is 16.7 Å². The van der Waals surface area contributed by atoms with Crippen LogP contribution in [0.25, 0.3) is 11.1 Å². The standard InChI is InChI=1S/C42H43N3O3S2/c1-49-27-25-37(41(47)48)45-40(46)36-28-34(22-23-35(36)30-14-6-2-7-15-30)44-29-38-39(24-26-43-38)50-42(31-16-8-3-9-17-31,32-18-10-4-11-19-32)33-20-12-5-13-21-33/h2-23,28,37-39,43-44H,24-27,29H2,1H3,(H,45,46)(H,47,48)/t37-,38-,39+/m0/s1. The minimum Gasteiger partial charge on any atom is -0.480 e. The van der Waals surface area contributed by atoms with Crippen molar-refractivity contribution in [1.82, 2.24) is 10.6 Å². The number of aliphatic carboxylic acids is 1. The fourth-order valence-corrected chi connectivity index (χ4v) is 9.04. The molecule has 50 heavy (non-hydrogen) atoms. The zero-order valence-corrected chi connectivity index (χ0v) is 29.8. The first-order chi connectivity index (χ1) is 24.5. The van der Waals surface area contributed by atoms with Gasteiger partial charge in [-0.15, -0.1) is 11.8 Å². The Morgan fingerprint density at radius 2 is 1.38 bits per heavy atom. The third-order valence-corrected chi connectivity index (χ3v) is 11.8. The number of hydrogen-bond donors (Lipinski definition) is 4. The predicted molar refractivity (Wildman–Crippen MR) is 209 cm³/mol. The lowest BCUT2D eigenvalue weighted by Gasteiger charge is -2.38. The van der Waals surface area contributed by atoms with E-state index in [1.54, 1.807) is 11.8 Å². The zero-order chi connectivity index (χ0) is 34.8. The number of rotatable bonds is 15. The number of carbonyl (C=O) groups is 2. The van der Waals surface area contributed by atoms with Gasteiger partial charge in [0.05, 0.1) is 4.75 Å². The molecule has 3 atom stereocenters. The molecule has 1 aliphatic heterocycles. The Kier molecular flexibility index (Phi) is 12.0. The molecule has 0 bridgehead atoms. The van der Waals surface area contributed by atoms with Gasteiger partial charge in [0.2, 0.25) is 0 Å². The minimum atomic E-state index is -1.03. The molecular weight excluding hydrogens is 659 g/mol. The van der Waals surface area contributed by atoms with E-state index in [0.29, 0.717) is 24.3 Å². The summed E-state index contributed by atoms with van der Waals surface area (Å²) >= 11 is 3.56. The molecule has 1 heterocycles. The average molecular weight is 702 g/mol. The smallest absolute Gasteiger partial charge is 0.326 e. The Balaban J connectivity index is 1.28. The molecule has 1 amide bonds. The number of anilines is 1. The van der Waals surface area contributed by atoms with Crippen molar-refractivity contribution in [3.05, 3.63) is 162 Å². The van der Waals surface area contributed by atoms with Gasteiger partial charge in [0.1, 0.15) is 6.04 Å². The van der Waals surface area contributed by atoms with E-state index in [1.807, 2.05) is 66.5 Å². The number of carboxylic acids is 1. The molecule has 0 radical (unpaired) electrons. The second-order valence-electron chi connectivity index (χ2n) is 12.4. The molecule has 0 unspecified atom stereocenters. The fraction of sp³-hybridized carbons (Fsp3) is 0.238. The molecule has 6 rings (SSSR count). The molecule has 1 fully saturated rings. The van der Waals surface area contributed by atoms with Gasteiger partial charge in [-0.1, -0.05) is 127 Å². The van der Waals surface area contributed by atoms with E-state index >= 15 is 0 Å². The zero-order valence-electron chi connectivity index (χ0n) is 28.1. The number of carbonyl (C=O) groups excluding carboxylic acids is 1. The van der Waals surface area contributed by atoms with Gasteiger partial charge >= 0.3 is 5.97 Å². The molecule has 5 aromatic carbocycles. The molecular formula is C42H43N3O3S2. The van der Waals surface area contributed by atoms with Crippen LogP contribution in [0.2, 0.25) is 0 Å². The second-order valence-corrected chi connectivity index (χ2v) is 14.9. The molecule has 256 valence electrons. The van der Waals surface area contributed by atoms with Crippen LogP contribution in [0.1, 0.15) is 39.9 Å². The topological polar surface area (TPSA) is 90.5 Å². The highest BCUT2D eigenvalue weighted by molar-refractivity contribution is 8.01. The molecule has 4 N–H and O–H groups in total. The molecule has 0 aliphatic carbocycles. The summed E-state index contributed by atoms with van der Waals surface area (Å²) in [6.45, 7) is 1.56. The summed E-state index contributed by atoms with van der Waals surface area (Å²) in [6.07, 6.45) is 3.29. The Bertz CT molecular complexity index is 1750. The van der Waals surface area contributed by atoms with Crippen molar-refractivity contribution in [1.29, 1.82) is 0 Å². The monoisotopic (exact) mass is 701 g/mol. The summed E-state index contributed by atoms with van der Waals surface area (Å²) in [7, 11) is 0. The van der Waals surface area contributed by atoms with E-state index in [4.69, 9.17) is 0 Å². The van der Waals surface area contributed by atoms with E-state index in [-0.39, 0.29) is 11.3 Å². The largest absolute Gasteiger partial charge is 0.480 e. The van der Waals surface area contributed by atoms with Gasteiger partial charge < -0.3 is 21.1 Å². The number of nitrogens with one attached hydrogen (secondary N) is 3. The normalized spacial score (nSPS) is 16.4. The van der Waals surface area contributed by atoms with E-state index in [9.17, 15) is 14.7 Å². The van der Waals surface area contributed by atoms with Crippen molar-refractivity contribution in [2.75, 3.05) is 30.4 Å². The van der Waals surface area contributed by atoms with E-state index < -0.39 is 22.7 Å². The van der Waals surface area contributed by atoms with Crippen LogP contribution < -0.4 is 16.0 Å². The van der Waals surface area contributed by atoms with Crippen LogP contribution in [-0.2, 0) is 9.54 Å². The predicted octanol–water partition coefficient (Wildman–Crippen LogP) is 8.16. The van der Waals surface area contributed by atoms with Crippen LogP contribution in [0, 0.1) is 0 Å². The van der Waals surface area contributed by atoms with Gasteiger partial charge in [0, 0.05) is 29.1 Å². The van der Waals surface area contributed by atoms with Crippen molar-refractivity contribution in [3.8, 4) is 11.1 Å². The summed E-state index contributed by atoms with van der Waals surface area (Å²) in [5, 5.41) is 20.3. The summed E-state index contributed by atoms with van der Waals surface area (Å²) in [5.74, 6) is -0.791. The van der Waals surface area contributed by atoms with Gasteiger partial charge in [-0.25, -0.2) is 4.79 Å². The number of amides is 1. The van der Waals surface area contributed by atoms with Crippen LogP contribution in [0.15, 0.2) is 140 Å². The van der Waals surface area contributed by atoms with Gasteiger partial charge in [0.25, 0.3) is 5.91 Å². The van der Waals surface area contributed by atoms with Crippen LogP contribution in [-0.4, -0.2) is 59.4 Å². The quantitative estimate of drug-likeness (QED) is 0.0820. The first-order valence-corrected chi connectivity index (χ1v) is 19.3. The maximum atomic E-state index is 13.7. The Morgan fingerprint density at radius 1 is 0.820 bits per heavy atom. The maximum Gasteiger partial charge on any atom is 0.326 e. The summed E-state index contributed by atoms with van der Waals surface area (Å²) in [6, 6.07) is 47.1. The molecule has 6 nitrogen and oxygen atoms in total. The number of benzene rings is 5. The highest BCUT2D eigenvalue weighted by Gasteiger charge is 2.42. The molecule has 1 saturated heterocycles. The summed E-state index contributed by atoms with van der Waals surface area (Å²) in [4.78, 5) is 25.7. The van der Waals surface area contributed by atoms with Gasteiger partial charge in [0.15, 0.2) is 0 Å². The van der Waals surface area contributed by atoms with Crippen molar-refractivity contribution >= 4 is 41.1 Å². The SMILES string of the molecule is CSCC[C@H](NC(=O)c1cc(NC[C@@H]2NCC[C@H]2SC(c2ccccc2)(c2ccccc2)c2ccccc2)ccc1-c1ccccc1)C(=O)O. The third kappa shape index (κ3) is 8.10. The molecule has 0 spiro atoms. The summed E-state index contributed by atoms with van der Waals surface area (Å²) < 4.78 is -0.418. The molecule has 8 heteroatoms. The number of carboxylic acid groups (broad SMARTS) is 1. The van der Waals surface area contributed by atoms with E-state index in [0.717, 1.165) is 29.8 Å². The van der Waals surface area contributed by atoms with Crippen molar-refractivity contribution in [2.24, 2.45) is 0 Å². The van der Waals surface area contributed by atoms with E-state index in [2.05, 4.69) is 107 Å². The average Bonchev–Trinajstić information content (AvgIpc) is 3.62. The van der Waals surface area contributed by atoms with Crippen LogP contribution in [0.3, 0.4) is 0 Å². The van der Waals surface area contributed by atoms with Crippen molar-refractivity contribution in [2.45, 2.75) is 34.9 Å². The molecule has 0 saturated carbocycles. The van der Waals surface area contributed by atoms with Crippen molar-refractivity contribution < 1.29 is 14.7 Å². The Hall–Kier alpha value is -4.50. The van der Waals surface area contributed by atoms with Crippen LogP contribution in [0.5, 0.6) is 0 Å². The molecule has 1 aliphatic rings. The lowest BCUT2D eigenvalue weighted by molar-refractivity contribution is -0.139. The second kappa shape index (κ2) is 16.9. The number of thioether (sulfide) groups is 2. The van der Waals surface area contributed by atoms with Gasteiger partial charge in [-0.3, -0.25) is 4.79 Å². The summed E-state index contributed by atoms with van der Waals surface area (Å²) in [5.41, 5.74) is 6.63. The maximum absolute atomic E-state index is 13.7. The van der Waals surface area contributed by atoms with Crippen LogP contribution >= 0.6 is 23.5 Å². The fourth-order valence-electron chi connectivity index (χ4n) is 6.71. The third-order valence-electron chi connectivity index (χ3n) is 9.24. The van der Waals surface area contributed by atoms with Crippen LogP contribution in [0.4, 0.5) is 5.69 Å². The highest BCUT2D eigenvalue weighted by Crippen LogP contribution is 2.51. The first-order valence-electron chi connectivity index (χ1n) is 17.0. The lowest BCUT2D eigenvalue weighted by atomic mass is 9.84. The lowest BCUT2D eigenvalue weighted by Crippen LogP contribution is -2.41. The van der Waals surface area contributed by atoms with Gasteiger partial charge in [-0.05, 0) is 71.3 Å². The number of hydrogen-bond acceptors (Lipinski definition) is 6. The Labute approximate surface area is 303 Å². The highest BCUT2D eigenvalue weighted by atomic mass is 32.2. The molecule has 5 aromatic rings. The Morgan fingerprint density at radius 3 is 1.92 bits per heavy atom. The first kappa shape index (κ1) is 35.3. The van der Waals surface area contributed by atoms with Gasteiger partial charge in [-0.2, -0.15) is 11.8 Å².